The first kappa shape index (κ1) is 20.9. The van der Waals surface area contributed by atoms with Crippen molar-refractivity contribution < 1.29 is 13.2 Å². The fourth-order valence-electron chi connectivity index (χ4n) is 3.06. The Morgan fingerprint density at radius 1 is 1.08 bits per heavy atom. The molecule has 146 valence electrons. The van der Waals surface area contributed by atoms with Crippen LogP contribution in [0.25, 0.3) is 0 Å². The largest absolute Gasteiger partial charge is 0.340 e. The van der Waals surface area contributed by atoms with Crippen LogP contribution in [0.15, 0.2) is 29.2 Å². The minimum atomic E-state index is -3.51. The molecule has 6 heteroatoms. The number of carbonyl (C=O) groups is 1. The summed E-state index contributed by atoms with van der Waals surface area (Å²) >= 11 is 0. The van der Waals surface area contributed by atoms with Crippen LogP contribution in [-0.4, -0.2) is 49.7 Å². The van der Waals surface area contributed by atoms with Gasteiger partial charge in [0.15, 0.2) is 0 Å². The fourth-order valence-corrected chi connectivity index (χ4v) is 4.49. The molecule has 1 amide bonds. The minimum absolute atomic E-state index is 0.106. The van der Waals surface area contributed by atoms with Crippen LogP contribution in [0.3, 0.4) is 0 Å². The number of hydrogen-bond donors (Lipinski definition) is 0. The number of carbonyl (C=O) groups excluding carboxylic acids is 1. The molecule has 1 unspecified atom stereocenters. The molecular weight excluding hydrogens is 348 g/mol. The first-order chi connectivity index (χ1) is 12.1. The molecule has 0 spiro atoms. The Balaban J connectivity index is 2.07. The van der Waals surface area contributed by atoms with Crippen molar-refractivity contribution in [3.05, 3.63) is 29.8 Å². The molecule has 26 heavy (non-hydrogen) atoms. The third-order valence-corrected chi connectivity index (χ3v) is 7.60. The molecule has 1 aliphatic heterocycles. The maximum absolute atomic E-state index is 12.9. The highest BCUT2D eigenvalue weighted by Gasteiger charge is 2.35. The molecule has 1 aromatic carbocycles. The maximum atomic E-state index is 12.9. The number of piperazine rings is 1. The van der Waals surface area contributed by atoms with Gasteiger partial charge in [0, 0.05) is 31.6 Å². The van der Waals surface area contributed by atoms with Gasteiger partial charge in [0.25, 0.3) is 0 Å². The molecule has 1 saturated heterocycles. The molecule has 0 N–H and O–H groups in total. The maximum Gasteiger partial charge on any atom is 0.243 e. The number of rotatable bonds is 6. The van der Waals surface area contributed by atoms with Crippen molar-refractivity contribution in [2.45, 2.75) is 58.3 Å². The van der Waals surface area contributed by atoms with Gasteiger partial charge in [0.1, 0.15) is 0 Å². The molecule has 1 aromatic rings. The lowest BCUT2D eigenvalue weighted by Gasteiger charge is -2.37. The first-order valence-electron chi connectivity index (χ1n) is 9.53. The number of hydrogen-bond acceptors (Lipinski definition) is 3. The van der Waals surface area contributed by atoms with Crippen molar-refractivity contribution in [2.24, 2.45) is 5.41 Å². The zero-order valence-electron chi connectivity index (χ0n) is 16.7. The zero-order chi connectivity index (χ0) is 19.5. The number of amides is 1. The van der Waals surface area contributed by atoms with Crippen molar-refractivity contribution >= 4 is 15.9 Å². The van der Waals surface area contributed by atoms with Gasteiger partial charge in [-0.2, -0.15) is 4.31 Å². The molecule has 5 nitrogen and oxygen atoms in total. The Labute approximate surface area is 158 Å². The van der Waals surface area contributed by atoms with Gasteiger partial charge < -0.3 is 4.90 Å². The molecule has 1 atom stereocenters. The van der Waals surface area contributed by atoms with E-state index in [9.17, 15) is 13.2 Å². The summed E-state index contributed by atoms with van der Waals surface area (Å²) in [5, 5.41) is 0. The Hall–Kier alpha value is -1.40. The third-order valence-electron chi connectivity index (χ3n) is 5.69. The second kappa shape index (κ2) is 8.09. The predicted octanol–water partition coefficient (Wildman–Crippen LogP) is 3.47. The van der Waals surface area contributed by atoms with Gasteiger partial charge in [-0.3, -0.25) is 4.79 Å². The Kier molecular flexibility index (Phi) is 6.51. The summed E-state index contributed by atoms with van der Waals surface area (Å²) in [6.07, 6.45) is 1.79. The fraction of sp³-hybridized carbons (Fsp3) is 0.650. The summed E-state index contributed by atoms with van der Waals surface area (Å²) in [4.78, 5) is 14.7. The van der Waals surface area contributed by atoms with Crippen LogP contribution in [0.2, 0.25) is 0 Å². The van der Waals surface area contributed by atoms with Crippen LogP contribution in [0.5, 0.6) is 0 Å². The summed E-state index contributed by atoms with van der Waals surface area (Å²) in [6.45, 7) is 11.7. The van der Waals surface area contributed by atoms with E-state index in [0.29, 0.717) is 37.0 Å². The third kappa shape index (κ3) is 4.29. The van der Waals surface area contributed by atoms with Gasteiger partial charge in [0.2, 0.25) is 15.9 Å². The minimum Gasteiger partial charge on any atom is -0.340 e. The van der Waals surface area contributed by atoms with Gasteiger partial charge in [-0.25, -0.2) is 8.42 Å². The van der Waals surface area contributed by atoms with E-state index in [4.69, 9.17) is 0 Å². The quantitative estimate of drug-likeness (QED) is 0.759. The van der Waals surface area contributed by atoms with E-state index in [1.54, 1.807) is 17.0 Å². The number of nitrogens with zero attached hydrogens (tertiary/aromatic N) is 2. The lowest BCUT2D eigenvalue weighted by molar-refractivity contribution is -0.141. The summed E-state index contributed by atoms with van der Waals surface area (Å²) in [6, 6.07) is 7.22. The molecule has 0 saturated carbocycles. The smallest absolute Gasteiger partial charge is 0.243 e. The molecule has 1 fully saturated rings. The van der Waals surface area contributed by atoms with Crippen molar-refractivity contribution in [3.8, 4) is 0 Å². The lowest BCUT2D eigenvalue weighted by Crippen LogP contribution is -2.53. The van der Waals surface area contributed by atoms with Gasteiger partial charge in [-0.1, -0.05) is 46.8 Å². The highest BCUT2D eigenvalue weighted by Crippen LogP contribution is 2.26. The monoisotopic (exact) mass is 380 g/mol. The van der Waals surface area contributed by atoms with Crippen LogP contribution in [0.1, 0.15) is 58.9 Å². The normalized spacial score (nSPS) is 18.0. The van der Waals surface area contributed by atoms with E-state index in [2.05, 4.69) is 13.8 Å². The molecular formula is C20H32N2O3S. The Morgan fingerprint density at radius 3 is 2.08 bits per heavy atom. The number of sulfonamides is 1. The van der Waals surface area contributed by atoms with Crippen molar-refractivity contribution in [3.63, 3.8) is 0 Å². The highest BCUT2D eigenvalue weighted by atomic mass is 32.2. The Morgan fingerprint density at radius 2 is 1.62 bits per heavy atom. The van der Waals surface area contributed by atoms with E-state index >= 15 is 0 Å². The van der Waals surface area contributed by atoms with Crippen LogP contribution in [0.4, 0.5) is 0 Å². The van der Waals surface area contributed by atoms with E-state index in [0.717, 1.165) is 18.4 Å². The first-order valence-corrected chi connectivity index (χ1v) is 11.0. The Bertz CT molecular complexity index is 718. The average Bonchev–Trinajstić information content (AvgIpc) is 2.66. The summed E-state index contributed by atoms with van der Waals surface area (Å²) < 4.78 is 27.3. The van der Waals surface area contributed by atoms with E-state index < -0.39 is 15.4 Å². The summed E-state index contributed by atoms with van der Waals surface area (Å²) in [5.41, 5.74) is 0.760. The van der Waals surface area contributed by atoms with Gasteiger partial charge in [-0.05, 0) is 36.5 Å². The topological polar surface area (TPSA) is 57.7 Å². The SMILES string of the molecule is CCC(C)c1ccc(S(=O)(=O)N2CCN(C(=O)C(C)(C)CC)CC2)cc1. The van der Waals surface area contributed by atoms with Crippen LogP contribution in [-0.2, 0) is 14.8 Å². The molecule has 0 aromatic heterocycles. The molecule has 1 heterocycles. The standard InChI is InChI=1S/C20H32N2O3S/c1-6-16(3)17-8-10-18(11-9-17)26(24,25)22-14-12-21(13-15-22)19(23)20(4,5)7-2/h8-11,16H,6-7,12-15H2,1-5H3. The molecule has 2 rings (SSSR count). The summed E-state index contributed by atoms with van der Waals surface area (Å²) in [5.74, 6) is 0.526. The van der Waals surface area contributed by atoms with Crippen LogP contribution in [0, 0.1) is 5.41 Å². The van der Waals surface area contributed by atoms with E-state index in [1.165, 1.54) is 4.31 Å². The van der Waals surface area contributed by atoms with Gasteiger partial charge in [-0.15, -0.1) is 0 Å². The lowest BCUT2D eigenvalue weighted by atomic mass is 9.88. The number of benzene rings is 1. The molecule has 1 aliphatic rings. The molecule has 0 radical (unpaired) electrons. The average molecular weight is 381 g/mol. The highest BCUT2D eigenvalue weighted by molar-refractivity contribution is 7.89. The van der Waals surface area contributed by atoms with Crippen molar-refractivity contribution in [1.82, 2.24) is 9.21 Å². The van der Waals surface area contributed by atoms with Crippen molar-refractivity contribution in [1.29, 1.82) is 0 Å². The molecule has 0 bridgehead atoms. The predicted molar refractivity (Wildman–Crippen MR) is 105 cm³/mol. The van der Waals surface area contributed by atoms with Crippen LogP contribution >= 0.6 is 0 Å². The second-order valence-electron chi connectivity index (χ2n) is 7.81. The van der Waals surface area contributed by atoms with E-state index in [-0.39, 0.29) is 5.91 Å². The second-order valence-corrected chi connectivity index (χ2v) is 9.75. The van der Waals surface area contributed by atoms with Crippen molar-refractivity contribution in [2.75, 3.05) is 26.2 Å². The summed E-state index contributed by atoms with van der Waals surface area (Å²) in [7, 11) is -3.51. The van der Waals surface area contributed by atoms with Gasteiger partial charge >= 0.3 is 0 Å². The molecule has 0 aliphatic carbocycles. The van der Waals surface area contributed by atoms with Crippen LogP contribution < -0.4 is 0 Å². The van der Waals surface area contributed by atoms with E-state index in [1.807, 2.05) is 32.9 Å². The zero-order valence-corrected chi connectivity index (χ0v) is 17.5. The van der Waals surface area contributed by atoms with Gasteiger partial charge in [0.05, 0.1) is 4.90 Å².